The summed E-state index contributed by atoms with van der Waals surface area (Å²) in [6.07, 6.45) is 1.19. The second-order valence-corrected chi connectivity index (χ2v) is 7.48. The van der Waals surface area contributed by atoms with Crippen LogP contribution in [0.3, 0.4) is 0 Å². The maximum Gasteiger partial charge on any atom is 0.414 e. The van der Waals surface area contributed by atoms with Crippen molar-refractivity contribution in [3.8, 4) is 0 Å². The Kier molecular flexibility index (Phi) is 4.34. The van der Waals surface area contributed by atoms with E-state index in [4.69, 9.17) is 4.74 Å². The predicted molar refractivity (Wildman–Crippen MR) is 89.6 cm³/mol. The molecule has 5 nitrogen and oxygen atoms in total. The van der Waals surface area contributed by atoms with Crippen LogP contribution >= 0.6 is 0 Å². The van der Waals surface area contributed by atoms with Crippen molar-refractivity contribution < 1.29 is 14.6 Å². The number of ether oxygens (including phenoxy) is 1. The zero-order valence-electron chi connectivity index (χ0n) is 14.2. The Morgan fingerprint density at radius 1 is 1.35 bits per heavy atom. The highest BCUT2D eigenvalue weighted by atomic mass is 16.6. The number of carbonyl (C=O) groups excluding carboxylic acids is 1. The molecule has 126 valence electrons. The number of fused-ring (bicyclic) bond motifs is 1. The highest BCUT2D eigenvalue weighted by molar-refractivity contribution is 5.91. The largest absolute Gasteiger partial charge is 0.443 e. The highest BCUT2D eigenvalue weighted by Crippen LogP contribution is 2.34. The molecule has 0 aromatic heterocycles. The van der Waals surface area contributed by atoms with Crippen LogP contribution in [0.2, 0.25) is 0 Å². The zero-order valence-corrected chi connectivity index (χ0v) is 14.2. The molecule has 5 heteroatoms. The molecular weight excluding hydrogens is 292 g/mol. The van der Waals surface area contributed by atoms with Crippen LogP contribution in [0.1, 0.15) is 38.3 Å². The molecule has 1 aromatic rings. The maximum absolute atomic E-state index is 12.5. The van der Waals surface area contributed by atoms with Crippen molar-refractivity contribution in [1.82, 2.24) is 4.90 Å². The number of β-amino-alcohol motifs (C(OH)–C–C–N with tert-alkyl or cyclic N) is 1. The van der Waals surface area contributed by atoms with Gasteiger partial charge in [0, 0.05) is 26.2 Å². The van der Waals surface area contributed by atoms with E-state index >= 15 is 0 Å². The third-order valence-electron chi connectivity index (χ3n) is 4.33. The van der Waals surface area contributed by atoms with E-state index in [1.54, 1.807) is 4.90 Å². The van der Waals surface area contributed by atoms with Crippen molar-refractivity contribution in [3.63, 3.8) is 0 Å². The van der Waals surface area contributed by atoms with Crippen LogP contribution in [-0.4, -0.2) is 47.4 Å². The number of benzene rings is 1. The Bertz CT molecular complexity index is 594. The molecule has 0 radical (unpaired) electrons. The summed E-state index contributed by atoms with van der Waals surface area (Å²) in [4.78, 5) is 16.5. The third kappa shape index (κ3) is 3.67. The van der Waals surface area contributed by atoms with Crippen LogP contribution in [0.25, 0.3) is 0 Å². The van der Waals surface area contributed by atoms with Crippen molar-refractivity contribution in [2.24, 2.45) is 0 Å². The lowest BCUT2D eigenvalue weighted by Crippen LogP contribution is -2.36. The number of rotatable bonds is 2. The summed E-state index contributed by atoms with van der Waals surface area (Å²) in [6, 6.07) is 6.22. The Morgan fingerprint density at radius 3 is 2.78 bits per heavy atom. The number of hydrogen-bond donors (Lipinski definition) is 1. The van der Waals surface area contributed by atoms with Crippen molar-refractivity contribution in [2.45, 2.75) is 51.9 Å². The lowest BCUT2D eigenvalue weighted by atomic mass is 10.1. The van der Waals surface area contributed by atoms with Crippen molar-refractivity contribution in [2.75, 3.05) is 24.5 Å². The van der Waals surface area contributed by atoms with E-state index in [1.807, 2.05) is 20.8 Å². The van der Waals surface area contributed by atoms with Crippen molar-refractivity contribution in [3.05, 3.63) is 29.3 Å². The van der Waals surface area contributed by atoms with Crippen LogP contribution in [0, 0.1) is 0 Å². The van der Waals surface area contributed by atoms with Crippen LogP contribution in [0.4, 0.5) is 10.5 Å². The predicted octanol–water partition coefficient (Wildman–Crippen LogP) is 2.55. The summed E-state index contributed by atoms with van der Waals surface area (Å²) >= 11 is 0. The molecular formula is C18H26N2O3. The van der Waals surface area contributed by atoms with Gasteiger partial charge in [-0.05, 0) is 44.7 Å². The fourth-order valence-corrected chi connectivity index (χ4v) is 3.36. The summed E-state index contributed by atoms with van der Waals surface area (Å²) in [5, 5.41) is 9.71. The van der Waals surface area contributed by atoms with Gasteiger partial charge in [0.2, 0.25) is 0 Å². The van der Waals surface area contributed by atoms with Crippen LogP contribution in [-0.2, 0) is 17.7 Å². The summed E-state index contributed by atoms with van der Waals surface area (Å²) in [5.41, 5.74) is 2.85. The molecule has 1 saturated heterocycles. The zero-order chi connectivity index (χ0) is 16.6. The van der Waals surface area contributed by atoms with E-state index in [9.17, 15) is 9.90 Å². The minimum absolute atomic E-state index is 0.228. The van der Waals surface area contributed by atoms with Gasteiger partial charge in [-0.25, -0.2) is 4.79 Å². The summed E-state index contributed by atoms with van der Waals surface area (Å²) in [5.74, 6) is 0. The molecule has 0 aliphatic carbocycles. The van der Waals surface area contributed by atoms with Crippen molar-refractivity contribution in [1.29, 1.82) is 0 Å². The second kappa shape index (κ2) is 6.13. The van der Waals surface area contributed by atoms with E-state index < -0.39 is 5.60 Å². The van der Waals surface area contributed by atoms with Gasteiger partial charge in [0.1, 0.15) is 5.60 Å². The number of aliphatic hydroxyl groups excluding tert-OH is 1. The van der Waals surface area contributed by atoms with Crippen molar-refractivity contribution >= 4 is 11.8 Å². The third-order valence-corrected chi connectivity index (χ3v) is 4.33. The lowest BCUT2D eigenvalue weighted by molar-refractivity contribution is 0.0583. The van der Waals surface area contributed by atoms with E-state index in [-0.39, 0.29) is 12.2 Å². The van der Waals surface area contributed by atoms with E-state index in [1.165, 1.54) is 5.56 Å². The number of aliphatic hydroxyl groups is 1. The minimum Gasteiger partial charge on any atom is -0.443 e. The molecule has 23 heavy (non-hydrogen) atoms. The minimum atomic E-state index is -0.492. The first kappa shape index (κ1) is 16.3. The average molecular weight is 318 g/mol. The fraction of sp³-hybridized carbons (Fsp3) is 0.611. The fourth-order valence-electron chi connectivity index (χ4n) is 3.36. The molecule has 0 unspecified atom stereocenters. The van der Waals surface area contributed by atoms with Crippen LogP contribution in [0.15, 0.2) is 18.2 Å². The number of anilines is 1. The standard InChI is InChI=1S/C18H26N2O3/c1-18(2,3)23-17(22)20-10-7-13-5-4-6-14(16(13)20)11-19-9-8-15(21)12-19/h4-6,15,21H,7-12H2,1-3H3/t15-/m0/s1. The summed E-state index contributed by atoms with van der Waals surface area (Å²) in [7, 11) is 0. The Balaban J connectivity index is 1.81. The Labute approximate surface area is 137 Å². The van der Waals surface area contributed by atoms with E-state index in [0.717, 1.165) is 37.2 Å². The molecule has 1 fully saturated rings. The second-order valence-electron chi connectivity index (χ2n) is 7.48. The van der Waals surface area contributed by atoms with Crippen LogP contribution in [0.5, 0.6) is 0 Å². The SMILES string of the molecule is CC(C)(C)OC(=O)N1CCc2cccc(CN3CC[C@H](O)C3)c21. The smallest absolute Gasteiger partial charge is 0.414 e. The topological polar surface area (TPSA) is 53.0 Å². The van der Waals surface area contributed by atoms with Gasteiger partial charge in [-0.3, -0.25) is 9.80 Å². The molecule has 1 N–H and O–H groups in total. The quantitative estimate of drug-likeness (QED) is 0.910. The summed E-state index contributed by atoms with van der Waals surface area (Å²) in [6.45, 7) is 8.70. The molecule has 1 amide bonds. The highest BCUT2D eigenvalue weighted by Gasteiger charge is 2.31. The number of nitrogens with zero attached hydrogens (tertiary/aromatic N) is 2. The molecule has 1 atom stereocenters. The average Bonchev–Trinajstić information content (AvgIpc) is 3.04. The van der Waals surface area contributed by atoms with Gasteiger partial charge in [0.25, 0.3) is 0 Å². The first-order chi connectivity index (χ1) is 10.8. The molecule has 3 rings (SSSR count). The monoisotopic (exact) mass is 318 g/mol. The molecule has 0 bridgehead atoms. The van der Waals surface area contributed by atoms with Gasteiger partial charge in [-0.1, -0.05) is 18.2 Å². The van der Waals surface area contributed by atoms with Gasteiger partial charge >= 0.3 is 6.09 Å². The molecule has 2 heterocycles. The molecule has 2 aliphatic heterocycles. The van der Waals surface area contributed by atoms with Gasteiger partial charge in [0.05, 0.1) is 11.8 Å². The first-order valence-corrected chi connectivity index (χ1v) is 8.35. The molecule has 1 aromatic carbocycles. The molecule has 0 saturated carbocycles. The van der Waals surface area contributed by atoms with Gasteiger partial charge in [-0.2, -0.15) is 0 Å². The van der Waals surface area contributed by atoms with Gasteiger partial charge in [-0.15, -0.1) is 0 Å². The first-order valence-electron chi connectivity index (χ1n) is 8.35. The molecule has 0 spiro atoms. The number of para-hydroxylation sites is 1. The Morgan fingerprint density at radius 2 is 2.13 bits per heavy atom. The number of likely N-dealkylation sites (tertiary alicyclic amines) is 1. The number of carbonyl (C=O) groups is 1. The van der Waals surface area contributed by atoms with Gasteiger partial charge in [0.15, 0.2) is 0 Å². The van der Waals surface area contributed by atoms with E-state index in [0.29, 0.717) is 13.1 Å². The van der Waals surface area contributed by atoms with Crippen LogP contribution < -0.4 is 4.90 Å². The van der Waals surface area contributed by atoms with E-state index in [2.05, 4.69) is 23.1 Å². The molecule has 2 aliphatic rings. The van der Waals surface area contributed by atoms with Gasteiger partial charge < -0.3 is 9.84 Å². The number of amides is 1. The normalized spacial score (nSPS) is 21.6. The maximum atomic E-state index is 12.5. The lowest BCUT2D eigenvalue weighted by Gasteiger charge is -2.27. The number of hydrogen-bond acceptors (Lipinski definition) is 4. The Hall–Kier alpha value is -1.59. The summed E-state index contributed by atoms with van der Waals surface area (Å²) < 4.78 is 5.55.